The summed E-state index contributed by atoms with van der Waals surface area (Å²) in [6.07, 6.45) is 16.7. The molecule has 0 aliphatic heterocycles. The van der Waals surface area contributed by atoms with Gasteiger partial charge in [-0.3, -0.25) is 4.79 Å². The van der Waals surface area contributed by atoms with Crippen LogP contribution in [0.5, 0.6) is 0 Å². The van der Waals surface area contributed by atoms with E-state index in [2.05, 4.69) is 183 Å². The molecule has 14 atom stereocenters. The third kappa shape index (κ3) is 7.90. The molecule has 66 heavy (non-hydrogen) atoms. The summed E-state index contributed by atoms with van der Waals surface area (Å²) >= 11 is 0. The number of carbonyl (C=O) groups excluding carboxylic acids is 1. The minimum Gasteiger partial charge on any atom is -0.546 e. The molecule has 6 heteroatoms. The van der Waals surface area contributed by atoms with E-state index in [1.54, 1.807) is 0 Å². The van der Waals surface area contributed by atoms with Crippen molar-refractivity contribution in [3.63, 3.8) is 0 Å². The monoisotopic (exact) mass is 945 g/mol. The topological polar surface area (TPSA) is 55.8 Å². The highest BCUT2D eigenvalue weighted by Gasteiger charge is 2.68. The van der Waals surface area contributed by atoms with Crippen LogP contribution in [0.15, 0.2) is 61.1 Å². The predicted molar refractivity (Wildman–Crippen MR) is 288 cm³/mol. The average molecular weight is 946 g/mol. The van der Waals surface area contributed by atoms with E-state index in [0.29, 0.717) is 69.1 Å². The summed E-state index contributed by atoms with van der Waals surface area (Å²) in [7, 11) is -4.19. The molecule has 6 aliphatic carbocycles. The number of rotatable bonds is 12. The average Bonchev–Trinajstić information content (AvgIpc) is 3.82. The van der Waals surface area contributed by atoms with Crippen LogP contribution >= 0.6 is 0 Å². The van der Waals surface area contributed by atoms with E-state index in [4.69, 9.17) is 15.4 Å². The molecule has 376 valence electrons. The van der Waals surface area contributed by atoms with Gasteiger partial charge in [-0.2, -0.15) is 0 Å². The Hall–Kier alpha value is -1.64. The molecule has 0 aromatic heterocycles. The molecule has 4 nitrogen and oxygen atoms in total. The molecule has 4 fully saturated rings. The molecule has 1 N–H and O–H groups in total. The molecule has 0 spiro atoms. The van der Waals surface area contributed by atoms with Gasteiger partial charge < -0.3 is 14.0 Å². The van der Waals surface area contributed by atoms with Gasteiger partial charge in [-0.15, -0.1) is 13.2 Å². The number of hydrogen-bond donors (Lipinski definition) is 1. The number of hydrogen-bond acceptors (Lipinski definition) is 4. The van der Waals surface area contributed by atoms with Crippen LogP contribution in [0.1, 0.15) is 197 Å². The largest absolute Gasteiger partial charge is 0.546 e. The van der Waals surface area contributed by atoms with E-state index in [0.717, 1.165) is 38.5 Å². The number of Topliss-reactive ketones (excluding diaryl/α,β-unsaturated/α-hetero) is 1. The van der Waals surface area contributed by atoms with Gasteiger partial charge in [0.1, 0.15) is 5.78 Å². The van der Waals surface area contributed by atoms with Crippen molar-refractivity contribution in [2.24, 2.45) is 73.9 Å². The highest BCUT2D eigenvalue weighted by Crippen LogP contribution is 2.72. The zero-order chi connectivity index (χ0) is 50.3. The Labute approximate surface area is 410 Å². The molecule has 0 heterocycles. The molecule has 0 saturated heterocycles. The van der Waals surface area contributed by atoms with Gasteiger partial charge in [0.25, 0.3) is 16.6 Å². The van der Waals surface area contributed by atoms with Gasteiger partial charge in [0, 0.05) is 34.5 Å². The maximum absolute atomic E-state index is 14.3. The first-order valence-electron chi connectivity index (χ1n) is 27.3. The van der Waals surface area contributed by atoms with E-state index in [-0.39, 0.29) is 50.2 Å². The second kappa shape index (κ2) is 18.8. The number of ketones is 1. The third-order valence-corrected chi connectivity index (χ3v) is 34.7. The van der Waals surface area contributed by atoms with E-state index in [1.807, 2.05) is 0 Å². The zero-order valence-corrected chi connectivity index (χ0v) is 48.8. The van der Waals surface area contributed by atoms with E-state index < -0.39 is 22.7 Å². The Kier molecular flexibility index (Phi) is 15.8. The fraction of sp³-hybridized carbons (Fsp3) is 0.817. The Morgan fingerprint density at radius 1 is 0.652 bits per heavy atom. The first-order chi connectivity index (χ1) is 30.3. The van der Waals surface area contributed by atoms with Crippen LogP contribution in [0.2, 0.25) is 33.2 Å². The quantitative estimate of drug-likeness (QED) is 0.156. The lowest BCUT2D eigenvalue weighted by Gasteiger charge is -2.62. The normalized spacial score (nSPS) is 41.6. The smallest absolute Gasteiger partial charge is 0.258 e. The molecule has 0 aromatic rings. The van der Waals surface area contributed by atoms with Crippen LogP contribution in [0.25, 0.3) is 0 Å². The van der Waals surface area contributed by atoms with Gasteiger partial charge in [0.2, 0.25) is 0 Å². The third-order valence-electron chi connectivity index (χ3n) is 22.7. The van der Waals surface area contributed by atoms with Crippen molar-refractivity contribution in [1.82, 2.24) is 0 Å². The Morgan fingerprint density at radius 2 is 1.09 bits per heavy atom. The van der Waals surface area contributed by atoms with Gasteiger partial charge in [-0.1, -0.05) is 170 Å². The fourth-order valence-electron chi connectivity index (χ4n) is 17.4. The van der Waals surface area contributed by atoms with Gasteiger partial charge in [0.15, 0.2) is 0 Å². The maximum Gasteiger partial charge on any atom is 0.258 e. The summed E-state index contributed by atoms with van der Waals surface area (Å²) in [5, 5.41) is 12.0. The maximum atomic E-state index is 14.3. The van der Waals surface area contributed by atoms with E-state index >= 15 is 0 Å². The van der Waals surface area contributed by atoms with Gasteiger partial charge >= 0.3 is 0 Å². The summed E-state index contributed by atoms with van der Waals surface area (Å²) < 4.78 is 14.9. The minimum absolute atomic E-state index is 0.0211. The van der Waals surface area contributed by atoms with Gasteiger partial charge in [-0.25, -0.2) is 0 Å². The standard InChI is InChI=1S/2C30H52O2Si/c2*1-13-28(11)18-26(31)29(12)22(8)14-16-30(24(10)23(28)9)17-15-25(27(29)30)32-33(19(2)3,20(4)5)21(6)7/h13,15,19-24,27H,1,14,16-18H2,2-12H3;13,15,19-23,26-27,31H,1,10,14,16-18H2,2-9,11-12H3/t22?,23?,24-,27?,28?,29?,30?;22?,23?,26-,27?,28?,29?,30?/m01/s1. The summed E-state index contributed by atoms with van der Waals surface area (Å²) in [5.41, 5.74) is 3.74. The Balaban J connectivity index is 0.000000247. The first kappa shape index (κ1) is 55.3. The van der Waals surface area contributed by atoms with Crippen molar-refractivity contribution in [3.05, 3.63) is 61.1 Å². The van der Waals surface area contributed by atoms with E-state index in [1.165, 1.54) is 23.5 Å². The SMILES string of the molecule is C=CC1(C)CC(=O)C2(C)C(C)CCC3(CC=C(O[Si](C(C)C)(C(C)C)C(C)C)C23)[C@@H](C)C1C.C=CC1(C)C[C@@H](O)C2(C)C(C)CCC3(CC=C(O[Si](C(C)C)(C(C)C)C(C)C)C32)C(=C)C1C. The predicted octanol–water partition coefficient (Wildman–Crippen LogP) is 17.6. The van der Waals surface area contributed by atoms with Crippen molar-refractivity contribution in [2.75, 3.05) is 0 Å². The second-order valence-corrected chi connectivity index (χ2v) is 37.6. The lowest BCUT2D eigenvalue weighted by atomic mass is 9.43. The molecule has 0 amide bonds. The molecule has 0 aromatic carbocycles. The van der Waals surface area contributed by atoms with Crippen LogP contribution in [-0.4, -0.2) is 33.6 Å². The molecule has 12 unspecified atom stereocenters. The van der Waals surface area contributed by atoms with Crippen molar-refractivity contribution < 1.29 is 18.8 Å². The van der Waals surface area contributed by atoms with Crippen LogP contribution in [0, 0.1) is 73.9 Å². The minimum atomic E-state index is -2.10. The molecular weight excluding hydrogens is 841 g/mol. The molecular formula is C60H104O4Si2. The lowest BCUT2D eigenvalue weighted by molar-refractivity contribution is -0.159. The number of allylic oxidation sites excluding steroid dienone is 7. The summed E-state index contributed by atoms with van der Waals surface area (Å²) in [6, 6.07) is 0. The Morgan fingerprint density at radius 3 is 1.55 bits per heavy atom. The Bertz CT molecular complexity index is 1800. The highest BCUT2D eigenvalue weighted by atomic mass is 28.4. The highest BCUT2D eigenvalue weighted by molar-refractivity contribution is 6.78. The van der Waals surface area contributed by atoms with Crippen molar-refractivity contribution in [1.29, 1.82) is 0 Å². The molecule has 0 radical (unpaired) electrons. The second-order valence-electron chi connectivity index (χ2n) is 26.8. The summed E-state index contributed by atoms with van der Waals surface area (Å²) in [6.45, 7) is 62.7. The molecule has 4 bridgehead atoms. The van der Waals surface area contributed by atoms with Crippen molar-refractivity contribution in [3.8, 4) is 0 Å². The molecule has 4 saturated carbocycles. The first-order valence-corrected chi connectivity index (χ1v) is 31.5. The molecule has 6 aliphatic rings. The summed E-state index contributed by atoms with van der Waals surface area (Å²) in [4.78, 5) is 14.3. The van der Waals surface area contributed by atoms with Gasteiger partial charge in [-0.05, 0) is 136 Å². The van der Waals surface area contributed by atoms with Crippen molar-refractivity contribution in [2.45, 2.75) is 236 Å². The van der Waals surface area contributed by atoms with E-state index in [9.17, 15) is 9.90 Å². The molecule has 6 rings (SSSR count). The van der Waals surface area contributed by atoms with Gasteiger partial charge in [0.05, 0.1) is 17.6 Å². The van der Waals surface area contributed by atoms with Crippen LogP contribution in [-0.2, 0) is 13.6 Å². The van der Waals surface area contributed by atoms with Crippen molar-refractivity contribution >= 4 is 22.4 Å². The summed E-state index contributed by atoms with van der Waals surface area (Å²) in [5.74, 6) is 5.24. The van der Waals surface area contributed by atoms with Crippen LogP contribution in [0.3, 0.4) is 0 Å². The fourth-order valence-corrected chi connectivity index (χ4v) is 28.0. The van der Waals surface area contributed by atoms with Crippen LogP contribution in [0.4, 0.5) is 0 Å². The number of aliphatic hydroxyl groups excluding tert-OH is 1. The number of aliphatic hydroxyl groups is 1. The lowest BCUT2D eigenvalue weighted by Crippen LogP contribution is -2.60. The van der Waals surface area contributed by atoms with Crippen LogP contribution < -0.4 is 0 Å². The zero-order valence-electron chi connectivity index (χ0n) is 46.8. The number of carbonyl (C=O) groups is 1.